The fourth-order valence-corrected chi connectivity index (χ4v) is 1.41. The van der Waals surface area contributed by atoms with E-state index in [1.54, 1.807) is 19.1 Å². The number of benzene rings is 1. The highest BCUT2D eigenvalue weighted by atomic mass is 35.5. The highest BCUT2D eigenvalue weighted by Crippen LogP contribution is 2.23. The van der Waals surface area contributed by atoms with Crippen molar-refractivity contribution in [1.82, 2.24) is 9.97 Å². The maximum Gasteiger partial charge on any atom is 0.232 e. The molecule has 0 atom stereocenters. The number of rotatable bonds is 1. The lowest BCUT2D eigenvalue weighted by molar-refractivity contribution is 0.452. The number of imidazole rings is 1. The van der Waals surface area contributed by atoms with Crippen LogP contribution in [0.25, 0.3) is 11.4 Å². The van der Waals surface area contributed by atoms with Crippen LogP contribution in [-0.2, 0) is 0 Å². The number of nitrogens with zero attached hydrogens (tertiary/aromatic N) is 1. The van der Waals surface area contributed by atoms with Gasteiger partial charge in [0.15, 0.2) is 0 Å². The van der Waals surface area contributed by atoms with Crippen LogP contribution in [0.4, 0.5) is 0 Å². The molecule has 0 aliphatic heterocycles. The molecule has 0 amide bonds. The number of aromatic hydroxyl groups is 1. The molecule has 3 nitrogen and oxygen atoms in total. The molecular weight excluding hydrogens is 200 g/mol. The minimum absolute atomic E-state index is 0.0278. The highest BCUT2D eigenvalue weighted by molar-refractivity contribution is 6.30. The standard InChI is InChI=1S/C10H9ClN2O/c1-6-10(14)13-9(12-6)7-3-2-4-8(11)5-7/h2-5,14H,1H3,(H,12,13). The van der Waals surface area contributed by atoms with Gasteiger partial charge in [-0.3, -0.25) is 0 Å². The quantitative estimate of drug-likeness (QED) is 0.757. The Kier molecular flexibility index (Phi) is 2.17. The lowest BCUT2D eigenvalue weighted by Gasteiger charge is -1.96. The second-order valence-electron chi connectivity index (χ2n) is 3.04. The minimum Gasteiger partial charge on any atom is -0.492 e. The van der Waals surface area contributed by atoms with Crippen molar-refractivity contribution >= 4 is 11.6 Å². The first-order chi connectivity index (χ1) is 6.66. The van der Waals surface area contributed by atoms with E-state index >= 15 is 0 Å². The lowest BCUT2D eigenvalue weighted by atomic mass is 10.2. The Bertz CT molecular complexity index is 445. The zero-order valence-electron chi connectivity index (χ0n) is 7.58. The van der Waals surface area contributed by atoms with Crippen LogP contribution in [0.15, 0.2) is 24.3 Å². The number of aromatic amines is 1. The van der Waals surface area contributed by atoms with E-state index in [2.05, 4.69) is 9.97 Å². The molecule has 0 spiro atoms. The lowest BCUT2D eigenvalue weighted by Crippen LogP contribution is -1.79. The molecular formula is C10H9ClN2O. The number of aryl methyl sites for hydroxylation is 1. The number of aromatic nitrogens is 2. The van der Waals surface area contributed by atoms with Gasteiger partial charge in [0.2, 0.25) is 5.88 Å². The van der Waals surface area contributed by atoms with E-state index in [1.165, 1.54) is 0 Å². The fourth-order valence-electron chi connectivity index (χ4n) is 1.22. The summed E-state index contributed by atoms with van der Waals surface area (Å²) in [5.74, 6) is 0.655. The second kappa shape index (κ2) is 3.35. The van der Waals surface area contributed by atoms with E-state index in [-0.39, 0.29) is 5.88 Å². The van der Waals surface area contributed by atoms with E-state index in [4.69, 9.17) is 11.6 Å². The van der Waals surface area contributed by atoms with Gasteiger partial charge in [-0.15, -0.1) is 0 Å². The number of hydrogen-bond donors (Lipinski definition) is 2. The monoisotopic (exact) mass is 208 g/mol. The molecule has 1 heterocycles. The van der Waals surface area contributed by atoms with Crippen LogP contribution in [-0.4, -0.2) is 15.1 Å². The van der Waals surface area contributed by atoms with Gasteiger partial charge in [-0.05, 0) is 19.1 Å². The van der Waals surface area contributed by atoms with Crippen LogP contribution in [0, 0.1) is 6.92 Å². The first-order valence-corrected chi connectivity index (χ1v) is 4.56. The summed E-state index contributed by atoms with van der Waals surface area (Å²) in [4.78, 5) is 6.93. The zero-order valence-corrected chi connectivity index (χ0v) is 8.34. The van der Waals surface area contributed by atoms with E-state index in [0.29, 0.717) is 16.5 Å². The Morgan fingerprint density at radius 2 is 2.21 bits per heavy atom. The van der Waals surface area contributed by atoms with Crippen LogP contribution >= 0.6 is 11.6 Å². The predicted octanol–water partition coefficient (Wildman–Crippen LogP) is 2.74. The summed E-state index contributed by atoms with van der Waals surface area (Å²) >= 11 is 5.84. The summed E-state index contributed by atoms with van der Waals surface area (Å²) in [5, 5.41) is 9.94. The zero-order chi connectivity index (χ0) is 10.1. The van der Waals surface area contributed by atoms with Gasteiger partial charge in [0.25, 0.3) is 0 Å². The van der Waals surface area contributed by atoms with E-state index < -0.39 is 0 Å². The molecule has 0 bridgehead atoms. The summed E-state index contributed by atoms with van der Waals surface area (Å²) in [6.07, 6.45) is 0. The molecule has 0 unspecified atom stereocenters. The first kappa shape index (κ1) is 9.09. The van der Waals surface area contributed by atoms with E-state index in [0.717, 1.165) is 5.56 Å². The van der Waals surface area contributed by atoms with Gasteiger partial charge >= 0.3 is 0 Å². The Morgan fingerprint density at radius 3 is 2.79 bits per heavy atom. The van der Waals surface area contributed by atoms with Crippen LogP contribution < -0.4 is 0 Å². The number of hydrogen-bond acceptors (Lipinski definition) is 2. The van der Waals surface area contributed by atoms with Crippen LogP contribution in [0.5, 0.6) is 5.88 Å². The molecule has 0 aliphatic carbocycles. The Morgan fingerprint density at radius 1 is 1.43 bits per heavy atom. The third kappa shape index (κ3) is 1.59. The Balaban J connectivity index is 2.49. The predicted molar refractivity (Wildman–Crippen MR) is 55.4 cm³/mol. The normalized spacial score (nSPS) is 10.4. The molecule has 0 aliphatic rings. The fraction of sp³-hybridized carbons (Fsp3) is 0.100. The molecule has 2 aromatic rings. The highest BCUT2D eigenvalue weighted by Gasteiger charge is 2.06. The van der Waals surface area contributed by atoms with Gasteiger partial charge in [0.1, 0.15) is 5.82 Å². The van der Waals surface area contributed by atoms with Gasteiger partial charge in [0, 0.05) is 10.6 Å². The van der Waals surface area contributed by atoms with Crippen molar-refractivity contribution in [2.45, 2.75) is 6.92 Å². The smallest absolute Gasteiger partial charge is 0.232 e. The number of nitrogens with one attached hydrogen (secondary N) is 1. The summed E-state index contributed by atoms with van der Waals surface area (Å²) < 4.78 is 0. The molecule has 0 radical (unpaired) electrons. The molecule has 1 aromatic carbocycles. The molecule has 1 aromatic heterocycles. The van der Waals surface area contributed by atoms with Crippen molar-refractivity contribution in [2.75, 3.05) is 0 Å². The maximum absolute atomic E-state index is 9.30. The van der Waals surface area contributed by atoms with Crippen molar-refractivity contribution in [2.24, 2.45) is 0 Å². The average molecular weight is 209 g/mol. The van der Waals surface area contributed by atoms with E-state index in [1.807, 2.05) is 12.1 Å². The first-order valence-electron chi connectivity index (χ1n) is 4.18. The van der Waals surface area contributed by atoms with Crippen LogP contribution in [0.3, 0.4) is 0 Å². The summed E-state index contributed by atoms with van der Waals surface area (Å²) in [5.41, 5.74) is 1.51. The third-order valence-corrected chi connectivity index (χ3v) is 2.19. The third-order valence-electron chi connectivity index (χ3n) is 1.96. The molecule has 0 saturated carbocycles. The number of halogens is 1. The Hall–Kier alpha value is -1.48. The van der Waals surface area contributed by atoms with Gasteiger partial charge in [-0.2, -0.15) is 4.98 Å². The molecule has 72 valence electrons. The second-order valence-corrected chi connectivity index (χ2v) is 3.48. The van der Waals surface area contributed by atoms with Crippen LogP contribution in [0.2, 0.25) is 5.02 Å². The molecule has 0 fully saturated rings. The molecule has 4 heteroatoms. The van der Waals surface area contributed by atoms with Crippen molar-refractivity contribution < 1.29 is 5.11 Å². The van der Waals surface area contributed by atoms with Gasteiger partial charge in [-0.1, -0.05) is 23.7 Å². The SMILES string of the molecule is Cc1[nH]c(-c2cccc(Cl)c2)nc1O. The molecule has 0 saturated heterocycles. The summed E-state index contributed by atoms with van der Waals surface area (Å²) in [6.45, 7) is 1.76. The molecule has 14 heavy (non-hydrogen) atoms. The summed E-state index contributed by atoms with van der Waals surface area (Å²) in [7, 11) is 0. The summed E-state index contributed by atoms with van der Waals surface area (Å²) in [6, 6.07) is 7.30. The number of H-pyrrole nitrogens is 1. The van der Waals surface area contributed by atoms with Crippen LogP contribution in [0.1, 0.15) is 5.69 Å². The van der Waals surface area contributed by atoms with Crippen molar-refractivity contribution in [3.8, 4) is 17.3 Å². The largest absolute Gasteiger partial charge is 0.492 e. The van der Waals surface area contributed by atoms with Gasteiger partial charge < -0.3 is 10.1 Å². The topological polar surface area (TPSA) is 48.9 Å². The van der Waals surface area contributed by atoms with Crippen molar-refractivity contribution in [3.05, 3.63) is 35.0 Å². The van der Waals surface area contributed by atoms with Gasteiger partial charge in [-0.25, -0.2) is 0 Å². The molecule has 2 N–H and O–H groups in total. The van der Waals surface area contributed by atoms with E-state index in [9.17, 15) is 5.11 Å². The molecule has 2 rings (SSSR count). The average Bonchev–Trinajstić information content (AvgIpc) is 2.47. The Labute approximate surface area is 86.4 Å². The van der Waals surface area contributed by atoms with Crippen molar-refractivity contribution in [3.63, 3.8) is 0 Å². The van der Waals surface area contributed by atoms with Gasteiger partial charge in [0.05, 0.1) is 5.69 Å². The maximum atomic E-state index is 9.30. The minimum atomic E-state index is 0.0278. The van der Waals surface area contributed by atoms with Crippen molar-refractivity contribution in [1.29, 1.82) is 0 Å².